The van der Waals surface area contributed by atoms with Gasteiger partial charge in [0.2, 0.25) is 5.69 Å². The SMILES string of the molecule is CCCc1ccc(-c2cc[c-]c(-c3ccccn3)c2)cc1.CCCc1ccc(-c2ccc3c(c2)-c2c4ccccc4cc[n+]2C3)cc1.Cc1ccc(-c2cc[c-]c(-c3ccccn3)c2)cc1.Cc1ccc(-c2cc[c-]c(-c3nccc4ccccc34)c2)cc1.[Ir].[Ir].[Ir]. The van der Waals surface area contributed by atoms with Gasteiger partial charge in [0.25, 0.3) is 0 Å². The van der Waals surface area contributed by atoms with Crippen molar-refractivity contribution in [2.24, 2.45) is 0 Å². The van der Waals surface area contributed by atoms with E-state index < -0.39 is 0 Å². The minimum atomic E-state index is 0. The fourth-order valence-corrected chi connectivity index (χ4v) is 11.5. The predicted octanol–water partition coefficient (Wildman–Crippen LogP) is 21.1. The molecule has 0 spiro atoms. The zero-order chi connectivity index (χ0) is 60.7. The van der Waals surface area contributed by atoms with Gasteiger partial charge in [-0.25, -0.2) is 0 Å². The first-order valence-corrected chi connectivity index (χ1v) is 30.9. The van der Waals surface area contributed by atoms with Crippen LogP contribution in [0.15, 0.2) is 292 Å². The minimum absolute atomic E-state index is 0. The minimum Gasteiger partial charge on any atom is -0.305 e. The van der Waals surface area contributed by atoms with E-state index in [4.69, 9.17) is 0 Å². The largest absolute Gasteiger partial charge is 0.305 e. The molecule has 0 aliphatic carbocycles. The van der Waals surface area contributed by atoms with Crippen LogP contribution in [0.2, 0.25) is 0 Å². The molecule has 0 saturated carbocycles. The van der Waals surface area contributed by atoms with Crippen LogP contribution in [0.3, 0.4) is 0 Å². The summed E-state index contributed by atoms with van der Waals surface area (Å²) in [6, 6.07) is 104. The standard InChI is InChI=1S/C25H22N.C22H16N.C20H18N.C18H14N.3Ir/c1-2-5-18-8-10-19(11-9-18)21-12-13-22-17-26-15-14-20-6-3-4-7-23(20)25(26)24(22)16-21;1-16-9-11-17(12-10-16)19-6-4-7-20(15-19)22-21-8-3-2-5-18(21)13-14-23-22;1-2-6-16-10-12-17(13-11-16)18-7-5-8-19(15-18)20-9-3-4-14-21-20;1-14-8-10-15(11-9-14)16-5-4-6-17(13-16)18-7-2-3-12-19-18;;;/h3-4,6-16H,2,5,17H2,1H3;2-6,8-15H,1H3;3-5,7,9-15H,2,6H2,1H3;2-5,7-13H,1H3;;;/q+1;3*-1;;;. The van der Waals surface area contributed by atoms with E-state index in [1.807, 2.05) is 79.3 Å². The second-order valence-electron chi connectivity index (χ2n) is 22.7. The summed E-state index contributed by atoms with van der Waals surface area (Å²) < 4.78 is 2.38. The molecular weight excluding hydrogens is 1650 g/mol. The van der Waals surface area contributed by atoms with Crippen molar-refractivity contribution < 1.29 is 64.9 Å². The normalized spacial score (nSPS) is 10.7. The summed E-state index contributed by atoms with van der Waals surface area (Å²) in [6.07, 6.45) is 12.4. The summed E-state index contributed by atoms with van der Waals surface area (Å²) in [5, 5.41) is 5.00. The molecule has 10 aromatic carbocycles. The Labute approximate surface area is 583 Å². The molecule has 0 unspecified atom stereocenters. The molecule has 4 aromatic heterocycles. The molecule has 3 radical (unpaired) electrons. The third kappa shape index (κ3) is 16.7. The van der Waals surface area contributed by atoms with Crippen LogP contribution in [-0.4, -0.2) is 15.0 Å². The van der Waals surface area contributed by atoms with Crippen molar-refractivity contribution in [2.75, 3.05) is 0 Å². The molecule has 0 atom stereocenters. The van der Waals surface area contributed by atoms with Gasteiger partial charge in [-0.2, -0.15) is 4.57 Å². The summed E-state index contributed by atoms with van der Waals surface area (Å²) in [5.74, 6) is 0. The van der Waals surface area contributed by atoms with Gasteiger partial charge in [-0.1, -0.05) is 214 Å². The van der Waals surface area contributed by atoms with Gasteiger partial charge in [-0.3, -0.25) is 0 Å². The molecule has 0 amide bonds. The zero-order valence-corrected chi connectivity index (χ0v) is 59.2. The van der Waals surface area contributed by atoms with Crippen LogP contribution in [0.25, 0.3) is 111 Å². The van der Waals surface area contributed by atoms with Crippen molar-refractivity contribution in [2.45, 2.75) is 59.9 Å². The van der Waals surface area contributed by atoms with Crippen molar-refractivity contribution in [3.63, 3.8) is 0 Å². The number of hydrogen-bond acceptors (Lipinski definition) is 3. The monoisotopic (exact) mass is 1730 g/mol. The quantitative estimate of drug-likeness (QED) is 0.0957. The van der Waals surface area contributed by atoms with Crippen molar-refractivity contribution in [1.82, 2.24) is 15.0 Å². The molecule has 0 N–H and O–H groups in total. The van der Waals surface area contributed by atoms with Crippen molar-refractivity contribution in [1.29, 1.82) is 0 Å². The molecule has 4 nitrogen and oxygen atoms in total. The van der Waals surface area contributed by atoms with Gasteiger partial charge in [0.15, 0.2) is 12.7 Å². The first kappa shape index (κ1) is 67.7. The van der Waals surface area contributed by atoms with Crippen molar-refractivity contribution >= 4 is 21.5 Å². The fourth-order valence-electron chi connectivity index (χ4n) is 11.5. The number of hydrogen-bond donors (Lipinski definition) is 0. The molecule has 15 rings (SSSR count). The molecule has 459 valence electrons. The maximum absolute atomic E-state index is 4.59. The van der Waals surface area contributed by atoms with Crippen molar-refractivity contribution in [3.8, 4) is 89.5 Å². The van der Waals surface area contributed by atoms with E-state index in [9.17, 15) is 0 Å². The van der Waals surface area contributed by atoms with E-state index in [1.165, 1.54) is 113 Å². The molecule has 92 heavy (non-hydrogen) atoms. The van der Waals surface area contributed by atoms with E-state index in [0.717, 1.165) is 58.5 Å². The number of nitrogens with zero attached hydrogens (tertiary/aromatic N) is 4. The van der Waals surface area contributed by atoms with Gasteiger partial charge in [-0.05, 0) is 129 Å². The number of pyridine rings is 4. The van der Waals surface area contributed by atoms with Gasteiger partial charge in [0, 0.05) is 90.5 Å². The first-order chi connectivity index (χ1) is 43.8. The number of aromatic nitrogens is 4. The van der Waals surface area contributed by atoms with Crippen molar-refractivity contribution in [3.05, 3.63) is 338 Å². The summed E-state index contributed by atoms with van der Waals surface area (Å²) in [7, 11) is 0. The number of fused-ring (bicyclic) bond motifs is 6. The Balaban J connectivity index is 0.000000144. The Morgan fingerprint density at radius 3 is 1.28 bits per heavy atom. The predicted molar refractivity (Wildman–Crippen MR) is 371 cm³/mol. The van der Waals surface area contributed by atoms with E-state index in [1.54, 1.807) is 0 Å². The average molecular weight is 1720 g/mol. The van der Waals surface area contributed by atoms with Crippen LogP contribution >= 0.6 is 0 Å². The molecule has 1 aliphatic heterocycles. The van der Waals surface area contributed by atoms with Gasteiger partial charge in [0.1, 0.15) is 0 Å². The summed E-state index contributed by atoms with van der Waals surface area (Å²) in [4.78, 5) is 13.4. The van der Waals surface area contributed by atoms with Crippen LogP contribution in [0.1, 0.15) is 54.5 Å². The molecular formula is C85H70Ir3N4-2. The van der Waals surface area contributed by atoms with Gasteiger partial charge < -0.3 is 15.0 Å². The second kappa shape index (κ2) is 33.0. The maximum Gasteiger partial charge on any atom is 0.221 e. The van der Waals surface area contributed by atoms with Gasteiger partial charge in [-0.15, -0.1) is 106 Å². The Kier molecular flexibility index (Phi) is 24.3. The van der Waals surface area contributed by atoms with Crippen LogP contribution < -0.4 is 4.57 Å². The average Bonchev–Trinajstić information content (AvgIpc) is 1.61. The Morgan fingerprint density at radius 2 is 0.793 bits per heavy atom. The molecule has 14 aromatic rings. The van der Waals surface area contributed by atoms with Gasteiger partial charge >= 0.3 is 0 Å². The topological polar surface area (TPSA) is 42.5 Å². The fraction of sp³-hybridized carbons (Fsp3) is 0.106. The zero-order valence-electron chi connectivity index (χ0n) is 52.0. The Morgan fingerprint density at radius 1 is 0.370 bits per heavy atom. The van der Waals surface area contributed by atoms with Crippen LogP contribution in [0, 0.1) is 32.0 Å². The van der Waals surface area contributed by atoms with E-state index >= 15 is 0 Å². The second-order valence-corrected chi connectivity index (χ2v) is 22.7. The molecule has 5 heterocycles. The van der Waals surface area contributed by atoms with E-state index in [-0.39, 0.29) is 60.3 Å². The third-order valence-corrected chi connectivity index (χ3v) is 16.3. The number of aryl methyl sites for hydroxylation is 4. The number of benzene rings is 10. The van der Waals surface area contributed by atoms with E-state index in [2.05, 4.69) is 278 Å². The maximum atomic E-state index is 4.59. The van der Waals surface area contributed by atoms with E-state index in [0.29, 0.717) is 0 Å². The van der Waals surface area contributed by atoms with Crippen LogP contribution in [0.5, 0.6) is 0 Å². The number of rotatable bonds is 11. The van der Waals surface area contributed by atoms with Crippen LogP contribution in [0.4, 0.5) is 0 Å². The molecule has 7 heteroatoms. The molecule has 0 saturated heterocycles. The Hall–Kier alpha value is -8.73. The Bertz CT molecular complexity index is 4650. The summed E-state index contributed by atoms with van der Waals surface area (Å²) in [5.41, 5.74) is 25.3. The molecule has 1 aliphatic rings. The van der Waals surface area contributed by atoms with Gasteiger partial charge in [0.05, 0.1) is 10.9 Å². The first-order valence-electron chi connectivity index (χ1n) is 30.9. The molecule has 0 fully saturated rings. The third-order valence-electron chi connectivity index (χ3n) is 16.3. The smallest absolute Gasteiger partial charge is 0.221 e. The summed E-state index contributed by atoms with van der Waals surface area (Å²) >= 11 is 0. The molecule has 0 bridgehead atoms. The van der Waals surface area contributed by atoms with Crippen LogP contribution in [-0.2, 0) is 79.7 Å². The summed E-state index contributed by atoms with van der Waals surface area (Å²) in [6.45, 7) is 9.61.